The number of amides is 1. The lowest BCUT2D eigenvalue weighted by atomic mass is 10.3. The molecule has 0 bridgehead atoms. The number of ether oxygens (including phenoxy) is 1. The molecule has 1 N–H and O–H groups in total. The molecule has 1 amide bonds. The van der Waals surface area contributed by atoms with Crippen molar-refractivity contribution in [2.75, 3.05) is 11.9 Å². The fourth-order valence-corrected chi connectivity index (χ4v) is 1.54. The largest absolute Gasteiger partial charge is 0.493 e. The molecule has 0 aliphatic carbocycles. The van der Waals surface area contributed by atoms with Crippen LogP contribution in [0.5, 0.6) is 5.75 Å². The molecule has 4 heteroatoms. The van der Waals surface area contributed by atoms with Gasteiger partial charge in [-0.25, -0.2) is 0 Å². The first-order chi connectivity index (χ1) is 9.24. The molecule has 0 unspecified atom stereocenters. The summed E-state index contributed by atoms with van der Waals surface area (Å²) in [6.45, 7) is 2.26. The van der Waals surface area contributed by atoms with Crippen LogP contribution in [0.2, 0.25) is 0 Å². The number of aryl methyl sites for hydroxylation is 1. The van der Waals surface area contributed by atoms with Crippen molar-refractivity contribution < 1.29 is 9.53 Å². The summed E-state index contributed by atoms with van der Waals surface area (Å²) in [5.41, 5.74) is 1.63. The number of benzene rings is 1. The molecule has 2 rings (SSSR count). The van der Waals surface area contributed by atoms with Crippen molar-refractivity contribution in [1.29, 1.82) is 0 Å². The number of hydrogen-bond acceptors (Lipinski definition) is 3. The van der Waals surface area contributed by atoms with Crippen LogP contribution in [0.15, 0.2) is 48.7 Å². The highest BCUT2D eigenvalue weighted by Gasteiger charge is 2.03. The molecule has 0 spiro atoms. The fraction of sp³-hybridized carbons (Fsp3) is 0.200. The van der Waals surface area contributed by atoms with Gasteiger partial charge in [0.05, 0.1) is 24.9 Å². The van der Waals surface area contributed by atoms with Crippen molar-refractivity contribution in [3.05, 3.63) is 54.4 Å². The average molecular weight is 256 g/mol. The lowest BCUT2D eigenvalue weighted by Crippen LogP contribution is -2.15. The van der Waals surface area contributed by atoms with Gasteiger partial charge in [0, 0.05) is 5.69 Å². The average Bonchev–Trinajstić information content (AvgIpc) is 2.43. The van der Waals surface area contributed by atoms with Crippen LogP contribution >= 0.6 is 0 Å². The van der Waals surface area contributed by atoms with E-state index in [2.05, 4.69) is 10.3 Å². The predicted molar refractivity (Wildman–Crippen MR) is 74.2 cm³/mol. The van der Waals surface area contributed by atoms with Crippen LogP contribution in [0, 0.1) is 6.92 Å². The van der Waals surface area contributed by atoms with Crippen LogP contribution in [0.1, 0.15) is 12.1 Å². The summed E-state index contributed by atoms with van der Waals surface area (Å²) in [6, 6.07) is 13.1. The van der Waals surface area contributed by atoms with E-state index in [1.165, 1.54) is 0 Å². The van der Waals surface area contributed by atoms with E-state index in [1.54, 1.807) is 6.20 Å². The van der Waals surface area contributed by atoms with E-state index in [1.807, 2.05) is 49.4 Å². The number of rotatable bonds is 5. The molecule has 1 aromatic carbocycles. The number of para-hydroxylation sites is 1. The number of hydrogen-bond donors (Lipinski definition) is 1. The van der Waals surface area contributed by atoms with Gasteiger partial charge in [-0.1, -0.05) is 18.2 Å². The van der Waals surface area contributed by atoms with Crippen LogP contribution in [0.25, 0.3) is 0 Å². The minimum absolute atomic E-state index is 0.0819. The number of pyridine rings is 1. The maximum absolute atomic E-state index is 11.7. The summed E-state index contributed by atoms with van der Waals surface area (Å²) in [5.74, 6) is 0.689. The minimum Gasteiger partial charge on any atom is -0.493 e. The molecule has 0 fully saturated rings. The molecular formula is C15H16N2O2. The van der Waals surface area contributed by atoms with Crippen LogP contribution in [-0.4, -0.2) is 17.5 Å². The third-order valence-electron chi connectivity index (χ3n) is 2.54. The van der Waals surface area contributed by atoms with Crippen molar-refractivity contribution in [2.24, 2.45) is 0 Å². The maximum Gasteiger partial charge on any atom is 0.227 e. The van der Waals surface area contributed by atoms with Gasteiger partial charge in [-0.3, -0.25) is 9.78 Å². The number of aromatic nitrogens is 1. The summed E-state index contributed by atoms with van der Waals surface area (Å²) in [4.78, 5) is 15.8. The van der Waals surface area contributed by atoms with Gasteiger partial charge >= 0.3 is 0 Å². The fourth-order valence-electron chi connectivity index (χ4n) is 1.54. The molecule has 19 heavy (non-hydrogen) atoms. The Bertz CT molecular complexity index is 524. The Hall–Kier alpha value is -2.36. The summed E-state index contributed by atoms with van der Waals surface area (Å²) >= 11 is 0. The Kier molecular flexibility index (Phi) is 4.50. The molecule has 1 aromatic heterocycles. The van der Waals surface area contributed by atoms with E-state index in [9.17, 15) is 4.79 Å². The third-order valence-corrected chi connectivity index (χ3v) is 2.54. The molecule has 0 aliphatic rings. The summed E-state index contributed by atoms with van der Waals surface area (Å²) < 4.78 is 5.46. The van der Waals surface area contributed by atoms with Crippen LogP contribution < -0.4 is 10.1 Å². The smallest absolute Gasteiger partial charge is 0.227 e. The first kappa shape index (κ1) is 13.1. The van der Waals surface area contributed by atoms with Gasteiger partial charge in [-0.15, -0.1) is 0 Å². The monoisotopic (exact) mass is 256 g/mol. The first-order valence-corrected chi connectivity index (χ1v) is 6.14. The second-order valence-corrected chi connectivity index (χ2v) is 4.15. The van der Waals surface area contributed by atoms with E-state index in [4.69, 9.17) is 4.74 Å². The van der Waals surface area contributed by atoms with Crippen LogP contribution in [0.4, 0.5) is 5.69 Å². The van der Waals surface area contributed by atoms with Gasteiger partial charge in [0.25, 0.3) is 0 Å². The Morgan fingerprint density at radius 3 is 2.68 bits per heavy atom. The Morgan fingerprint density at radius 2 is 2.00 bits per heavy atom. The first-order valence-electron chi connectivity index (χ1n) is 6.14. The van der Waals surface area contributed by atoms with Gasteiger partial charge in [-0.2, -0.15) is 0 Å². The van der Waals surface area contributed by atoms with Gasteiger partial charge < -0.3 is 10.1 Å². The van der Waals surface area contributed by atoms with E-state index >= 15 is 0 Å². The molecular weight excluding hydrogens is 240 g/mol. The molecule has 0 atom stereocenters. The van der Waals surface area contributed by atoms with Gasteiger partial charge in [-0.05, 0) is 31.2 Å². The second kappa shape index (κ2) is 6.54. The van der Waals surface area contributed by atoms with E-state index in [0.717, 1.165) is 11.4 Å². The Labute approximate surface area is 112 Å². The zero-order valence-electron chi connectivity index (χ0n) is 10.8. The quantitative estimate of drug-likeness (QED) is 0.895. The molecule has 98 valence electrons. The van der Waals surface area contributed by atoms with Crippen molar-refractivity contribution in [2.45, 2.75) is 13.3 Å². The van der Waals surface area contributed by atoms with E-state index in [-0.39, 0.29) is 5.91 Å². The molecule has 1 heterocycles. The van der Waals surface area contributed by atoms with Crippen molar-refractivity contribution >= 4 is 11.6 Å². The minimum atomic E-state index is -0.0819. The van der Waals surface area contributed by atoms with Gasteiger partial charge in [0.15, 0.2) is 0 Å². The number of carbonyl (C=O) groups is 1. The van der Waals surface area contributed by atoms with Crippen molar-refractivity contribution in [3.8, 4) is 5.75 Å². The number of anilines is 1. The normalized spacial score (nSPS) is 9.95. The molecule has 2 aromatic rings. The highest BCUT2D eigenvalue weighted by Crippen LogP contribution is 2.09. The predicted octanol–water partition coefficient (Wildman–Crippen LogP) is 2.80. The Morgan fingerprint density at radius 1 is 1.21 bits per heavy atom. The zero-order valence-corrected chi connectivity index (χ0v) is 10.8. The van der Waals surface area contributed by atoms with E-state index in [0.29, 0.717) is 18.7 Å². The molecule has 0 saturated carbocycles. The third kappa shape index (κ3) is 4.43. The SMILES string of the molecule is Cc1ccc(NC(=O)CCOc2ccccc2)cn1. The highest BCUT2D eigenvalue weighted by atomic mass is 16.5. The topological polar surface area (TPSA) is 51.2 Å². The second-order valence-electron chi connectivity index (χ2n) is 4.15. The standard InChI is InChI=1S/C15H16N2O2/c1-12-7-8-13(11-16-12)17-15(18)9-10-19-14-5-3-2-4-6-14/h2-8,11H,9-10H2,1H3,(H,17,18). The Balaban J connectivity index is 1.74. The van der Waals surface area contributed by atoms with Gasteiger partial charge in [0.2, 0.25) is 5.91 Å². The van der Waals surface area contributed by atoms with Gasteiger partial charge in [0.1, 0.15) is 5.75 Å². The number of carbonyl (C=O) groups excluding carboxylic acids is 1. The maximum atomic E-state index is 11.7. The molecule has 0 aliphatic heterocycles. The lowest BCUT2D eigenvalue weighted by Gasteiger charge is -2.07. The molecule has 0 radical (unpaired) electrons. The summed E-state index contributed by atoms with van der Waals surface area (Å²) in [6.07, 6.45) is 1.95. The zero-order chi connectivity index (χ0) is 13.5. The number of nitrogens with zero attached hydrogens (tertiary/aromatic N) is 1. The van der Waals surface area contributed by atoms with Crippen molar-refractivity contribution in [1.82, 2.24) is 4.98 Å². The lowest BCUT2D eigenvalue weighted by molar-refractivity contribution is -0.116. The molecule has 4 nitrogen and oxygen atoms in total. The molecule has 0 saturated heterocycles. The summed E-state index contributed by atoms with van der Waals surface area (Å²) in [7, 11) is 0. The number of nitrogens with one attached hydrogen (secondary N) is 1. The summed E-state index contributed by atoms with van der Waals surface area (Å²) in [5, 5.41) is 2.77. The van der Waals surface area contributed by atoms with Crippen molar-refractivity contribution in [3.63, 3.8) is 0 Å². The van der Waals surface area contributed by atoms with Crippen LogP contribution in [-0.2, 0) is 4.79 Å². The van der Waals surface area contributed by atoms with E-state index < -0.39 is 0 Å². The highest BCUT2D eigenvalue weighted by molar-refractivity contribution is 5.90. The van der Waals surface area contributed by atoms with Crippen LogP contribution in [0.3, 0.4) is 0 Å².